The Kier molecular flexibility index (Phi) is 4.77. The van der Waals surface area contributed by atoms with Gasteiger partial charge in [0, 0.05) is 6.42 Å². The Morgan fingerprint density at radius 3 is 2.05 bits per heavy atom. The molecule has 0 radical (unpaired) electrons. The van der Waals surface area contributed by atoms with E-state index in [-0.39, 0.29) is 12.8 Å². The molecule has 1 saturated carbocycles. The summed E-state index contributed by atoms with van der Waals surface area (Å²) in [7, 11) is 0. The minimum absolute atomic E-state index is 0.0611. The minimum Gasteiger partial charge on any atom is -0.481 e. The molecule has 2 rings (SSSR count). The van der Waals surface area contributed by atoms with Crippen LogP contribution in [0.4, 0.5) is 0 Å². The van der Waals surface area contributed by atoms with Gasteiger partial charge in [-0.3, -0.25) is 9.59 Å². The summed E-state index contributed by atoms with van der Waals surface area (Å²) in [5, 5.41) is 17.5. The average Bonchev–Trinajstić information content (AvgIpc) is 2.39. The molecule has 4 heteroatoms. The van der Waals surface area contributed by atoms with Crippen molar-refractivity contribution in [3.05, 3.63) is 35.4 Å². The van der Waals surface area contributed by atoms with E-state index in [1.807, 2.05) is 24.3 Å². The van der Waals surface area contributed by atoms with Gasteiger partial charge in [0.25, 0.3) is 0 Å². The molecule has 1 aromatic carbocycles. The summed E-state index contributed by atoms with van der Waals surface area (Å²) in [6.07, 6.45) is 4.32. The Hall–Kier alpha value is -1.84. The van der Waals surface area contributed by atoms with Gasteiger partial charge in [0.1, 0.15) is 0 Å². The van der Waals surface area contributed by atoms with Gasteiger partial charge >= 0.3 is 11.9 Å². The number of benzene rings is 1. The predicted octanol–water partition coefficient (Wildman–Crippen LogP) is 3.06. The van der Waals surface area contributed by atoms with Crippen molar-refractivity contribution in [1.29, 1.82) is 0 Å². The summed E-state index contributed by atoms with van der Waals surface area (Å²) < 4.78 is 0. The van der Waals surface area contributed by atoms with E-state index < -0.39 is 11.9 Å². The lowest BCUT2D eigenvalue weighted by Gasteiger charge is -2.28. The van der Waals surface area contributed by atoms with Crippen LogP contribution in [0.1, 0.15) is 49.1 Å². The molecule has 1 aliphatic rings. The van der Waals surface area contributed by atoms with Crippen molar-refractivity contribution in [2.45, 2.75) is 44.4 Å². The lowest BCUT2D eigenvalue weighted by molar-refractivity contribution is -0.138. The van der Waals surface area contributed by atoms with Crippen molar-refractivity contribution in [2.24, 2.45) is 5.92 Å². The fourth-order valence-corrected chi connectivity index (χ4v) is 3.03. The normalized spacial score (nSPS) is 22.4. The monoisotopic (exact) mass is 276 g/mol. The van der Waals surface area contributed by atoms with E-state index in [2.05, 4.69) is 0 Å². The van der Waals surface area contributed by atoms with Gasteiger partial charge in [-0.25, -0.2) is 0 Å². The third-order valence-corrected chi connectivity index (χ3v) is 4.12. The van der Waals surface area contributed by atoms with Gasteiger partial charge < -0.3 is 10.2 Å². The van der Waals surface area contributed by atoms with Crippen LogP contribution >= 0.6 is 0 Å². The van der Waals surface area contributed by atoms with Crippen LogP contribution in [0.3, 0.4) is 0 Å². The van der Waals surface area contributed by atoms with Crippen LogP contribution in [0.15, 0.2) is 24.3 Å². The van der Waals surface area contributed by atoms with Gasteiger partial charge in [0.05, 0.1) is 6.42 Å². The molecule has 2 N–H and O–H groups in total. The van der Waals surface area contributed by atoms with Crippen molar-refractivity contribution in [2.75, 3.05) is 0 Å². The molecule has 0 bridgehead atoms. The van der Waals surface area contributed by atoms with Crippen LogP contribution in [0, 0.1) is 5.92 Å². The highest BCUT2D eigenvalue weighted by Crippen LogP contribution is 2.37. The fraction of sp³-hybridized carbons (Fsp3) is 0.500. The number of carbonyl (C=O) groups is 2. The van der Waals surface area contributed by atoms with Gasteiger partial charge in [-0.05, 0) is 48.6 Å². The summed E-state index contributed by atoms with van der Waals surface area (Å²) in [6, 6.07) is 7.79. The largest absolute Gasteiger partial charge is 0.481 e. The van der Waals surface area contributed by atoms with Crippen LogP contribution in [0.5, 0.6) is 0 Å². The lowest BCUT2D eigenvalue weighted by atomic mass is 9.77. The Labute approximate surface area is 118 Å². The van der Waals surface area contributed by atoms with Crippen LogP contribution < -0.4 is 0 Å². The Balaban J connectivity index is 1.90. The molecular formula is C16H20O4. The average molecular weight is 276 g/mol. The Morgan fingerprint density at radius 2 is 1.55 bits per heavy atom. The standard InChI is InChI=1S/C16H20O4/c17-15(18)9-11-1-5-13(6-2-11)14-7-3-12(4-8-14)10-16(19)20/h1-2,5-6,12,14H,3-4,7-10H2,(H,17,18)(H,19,20)/t12-,14-. The van der Waals surface area contributed by atoms with Crippen LogP contribution in [-0.2, 0) is 16.0 Å². The molecule has 1 aromatic rings. The zero-order valence-corrected chi connectivity index (χ0v) is 11.4. The van der Waals surface area contributed by atoms with E-state index in [1.165, 1.54) is 5.56 Å². The quantitative estimate of drug-likeness (QED) is 0.866. The van der Waals surface area contributed by atoms with Gasteiger partial charge in [-0.2, -0.15) is 0 Å². The molecule has 0 atom stereocenters. The molecule has 0 saturated heterocycles. The first kappa shape index (κ1) is 14.6. The van der Waals surface area contributed by atoms with Crippen molar-refractivity contribution >= 4 is 11.9 Å². The number of carboxylic acids is 2. The molecule has 108 valence electrons. The zero-order valence-electron chi connectivity index (χ0n) is 11.4. The molecular weight excluding hydrogens is 256 g/mol. The highest BCUT2D eigenvalue weighted by Gasteiger charge is 2.23. The van der Waals surface area contributed by atoms with E-state index >= 15 is 0 Å². The van der Waals surface area contributed by atoms with Gasteiger partial charge in [0.2, 0.25) is 0 Å². The van der Waals surface area contributed by atoms with E-state index in [1.54, 1.807) is 0 Å². The van der Waals surface area contributed by atoms with E-state index in [9.17, 15) is 9.59 Å². The second-order valence-electron chi connectivity index (χ2n) is 5.63. The third-order valence-electron chi connectivity index (χ3n) is 4.12. The lowest BCUT2D eigenvalue weighted by Crippen LogP contribution is -2.16. The second-order valence-corrected chi connectivity index (χ2v) is 5.63. The maximum absolute atomic E-state index is 10.7. The van der Waals surface area contributed by atoms with Crippen molar-refractivity contribution in [3.8, 4) is 0 Å². The predicted molar refractivity (Wildman–Crippen MR) is 74.7 cm³/mol. The Bertz CT molecular complexity index is 470. The van der Waals surface area contributed by atoms with E-state index in [0.717, 1.165) is 31.2 Å². The molecule has 4 nitrogen and oxygen atoms in total. The molecule has 0 heterocycles. The maximum atomic E-state index is 10.7. The summed E-state index contributed by atoms with van der Waals surface area (Å²) in [5.41, 5.74) is 2.06. The van der Waals surface area contributed by atoms with Gasteiger partial charge in [-0.15, -0.1) is 0 Å². The molecule has 20 heavy (non-hydrogen) atoms. The molecule has 1 aliphatic carbocycles. The summed E-state index contributed by atoms with van der Waals surface area (Å²) in [6.45, 7) is 0. The van der Waals surface area contributed by atoms with Gasteiger partial charge in [0.15, 0.2) is 0 Å². The highest BCUT2D eigenvalue weighted by atomic mass is 16.4. The zero-order chi connectivity index (χ0) is 14.5. The van der Waals surface area contributed by atoms with Crippen molar-refractivity contribution < 1.29 is 19.8 Å². The second kappa shape index (κ2) is 6.55. The molecule has 0 spiro atoms. The SMILES string of the molecule is O=C(O)Cc1ccc([C@H]2CC[C@H](CC(=O)O)CC2)cc1. The fourth-order valence-electron chi connectivity index (χ4n) is 3.03. The third kappa shape index (κ3) is 4.08. The first-order valence-corrected chi connectivity index (χ1v) is 7.07. The van der Waals surface area contributed by atoms with Crippen LogP contribution in [0.25, 0.3) is 0 Å². The highest BCUT2D eigenvalue weighted by molar-refractivity contribution is 5.70. The topological polar surface area (TPSA) is 74.6 Å². The van der Waals surface area contributed by atoms with Crippen LogP contribution in [-0.4, -0.2) is 22.2 Å². The number of aliphatic carboxylic acids is 2. The molecule has 0 aromatic heterocycles. The van der Waals surface area contributed by atoms with E-state index in [4.69, 9.17) is 10.2 Å². The molecule has 0 amide bonds. The summed E-state index contributed by atoms with van der Waals surface area (Å²) in [5.74, 6) is -0.715. The minimum atomic E-state index is -0.813. The van der Waals surface area contributed by atoms with E-state index in [0.29, 0.717) is 11.8 Å². The van der Waals surface area contributed by atoms with Crippen molar-refractivity contribution in [3.63, 3.8) is 0 Å². The molecule has 1 fully saturated rings. The molecule has 0 aliphatic heterocycles. The summed E-state index contributed by atoms with van der Waals surface area (Å²) >= 11 is 0. The van der Waals surface area contributed by atoms with Gasteiger partial charge in [-0.1, -0.05) is 24.3 Å². The first-order valence-electron chi connectivity index (χ1n) is 7.07. The number of rotatable bonds is 5. The van der Waals surface area contributed by atoms with Crippen LogP contribution in [0.2, 0.25) is 0 Å². The number of hydrogen-bond acceptors (Lipinski definition) is 2. The summed E-state index contributed by atoms with van der Waals surface area (Å²) in [4.78, 5) is 21.3. The number of carboxylic acid groups (broad SMARTS) is 2. The van der Waals surface area contributed by atoms with Crippen molar-refractivity contribution in [1.82, 2.24) is 0 Å². The number of hydrogen-bond donors (Lipinski definition) is 2. The maximum Gasteiger partial charge on any atom is 0.307 e. The Morgan fingerprint density at radius 1 is 0.950 bits per heavy atom. The smallest absolute Gasteiger partial charge is 0.307 e. The molecule has 0 unspecified atom stereocenters. The first-order chi connectivity index (χ1) is 9.54.